The van der Waals surface area contributed by atoms with E-state index in [1.807, 2.05) is 4.90 Å². The predicted octanol–water partition coefficient (Wildman–Crippen LogP) is 1.24. The number of urea groups is 1. The summed E-state index contributed by atoms with van der Waals surface area (Å²) < 4.78 is 1.76. The average Bonchev–Trinajstić information content (AvgIpc) is 2.67. The number of hydrogen-bond donors (Lipinski definition) is 0. The molecule has 2 aliphatic rings. The van der Waals surface area contributed by atoms with Crippen LogP contribution in [0.2, 0.25) is 0 Å². The lowest BCUT2D eigenvalue weighted by atomic mass is 10.5. The Labute approximate surface area is 73.9 Å². The van der Waals surface area contributed by atoms with E-state index in [-0.39, 0.29) is 6.03 Å². The van der Waals surface area contributed by atoms with Gasteiger partial charge in [-0.1, -0.05) is 0 Å². The summed E-state index contributed by atoms with van der Waals surface area (Å²) in [6.45, 7) is 1.84. The fourth-order valence-electron chi connectivity index (χ4n) is 1.25. The molecule has 1 aliphatic carbocycles. The second kappa shape index (κ2) is 2.25. The van der Waals surface area contributed by atoms with Crippen molar-refractivity contribution in [1.82, 2.24) is 8.01 Å². The molecule has 3 nitrogen and oxygen atoms in total. The summed E-state index contributed by atoms with van der Waals surface area (Å²) in [5.41, 5.74) is 0. The quantitative estimate of drug-likeness (QED) is 0.508. The second-order valence-corrected chi connectivity index (χ2v) is 3.96. The van der Waals surface area contributed by atoms with Crippen LogP contribution in [0.3, 0.4) is 0 Å². The van der Waals surface area contributed by atoms with Gasteiger partial charge in [-0.2, -0.15) is 0 Å². The first-order valence-electron chi connectivity index (χ1n) is 3.53. The topological polar surface area (TPSA) is 23.6 Å². The van der Waals surface area contributed by atoms with Crippen molar-refractivity contribution in [2.24, 2.45) is 0 Å². The number of rotatable bonds is 1. The molecular formula is C6H9IN2O. The van der Waals surface area contributed by atoms with Crippen LogP contribution in [0.1, 0.15) is 12.8 Å². The molecule has 0 radical (unpaired) electrons. The Morgan fingerprint density at radius 3 is 2.50 bits per heavy atom. The van der Waals surface area contributed by atoms with Crippen molar-refractivity contribution in [1.29, 1.82) is 0 Å². The number of carbonyl (C=O) groups is 1. The van der Waals surface area contributed by atoms with E-state index in [0.717, 1.165) is 13.1 Å². The number of nitrogens with zero attached hydrogens (tertiary/aromatic N) is 2. The molecule has 0 aromatic carbocycles. The van der Waals surface area contributed by atoms with Gasteiger partial charge in [0.2, 0.25) is 0 Å². The van der Waals surface area contributed by atoms with E-state index >= 15 is 0 Å². The van der Waals surface area contributed by atoms with E-state index < -0.39 is 0 Å². The van der Waals surface area contributed by atoms with Crippen molar-refractivity contribution < 1.29 is 4.79 Å². The largest absolute Gasteiger partial charge is 0.329 e. The summed E-state index contributed by atoms with van der Waals surface area (Å²) in [5.74, 6) is 0. The number of halogens is 1. The molecule has 4 heteroatoms. The lowest BCUT2D eigenvalue weighted by Gasteiger charge is -2.12. The van der Waals surface area contributed by atoms with Crippen LogP contribution in [0.25, 0.3) is 0 Å². The minimum atomic E-state index is 0.211. The zero-order valence-corrected chi connectivity index (χ0v) is 7.74. The van der Waals surface area contributed by atoms with E-state index in [0.29, 0.717) is 6.04 Å². The molecule has 0 spiro atoms. The van der Waals surface area contributed by atoms with Crippen molar-refractivity contribution in [3.8, 4) is 0 Å². The maximum absolute atomic E-state index is 11.2. The van der Waals surface area contributed by atoms with Crippen molar-refractivity contribution in [2.75, 3.05) is 13.1 Å². The van der Waals surface area contributed by atoms with Crippen LogP contribution in [-0.4, -0.2) is 33.2 Å². The van der Waals surface area contributed by atoms with Gasteiger partial charge in [-0.25, -0.2) is 4.79 Å². The van der Waals surface area contributed by atoms with Crippen LogP contribution in [0, 0.1) is 0 Å². The van der Waals surface area contributed by atoms with Gasteiger partial charge in [-0.3, -0.25) is 3.11 Å². The highest BCUT2D eigenvalue weighted by Gasteiger charge is 2.38. The third kappa shape index (κ3) is 0.980. The van der Waals surface area contributed by atoms with E-state index in [1.54, 1.807) is 3.11 Å². The molecule has 0 aromatic rings. The molecule has 1 saturated carbocycles. The zero-order chi connectivity index (χ0) is 7.14. The van der Waals surface area contributed by atoms with Gasteiger partial charge in [-0.15, -0.1) is 0 Å². The molecule has 1 heterocycles. The maximum Gasteiger partial charge on any atom is 0.329 e. The molecule has 2 rings (SSSR count). The number of amides is 2. The van der Waals surface area contributed by atoms with E-state index in [9.17, 15) is 4.79 Å². The Bertz CT molecular complexity index is 169. The lowest BCUT2D eigenvalue weighted by Crippen LogP contribution is -2.28. The molecule has 56 valence electrons. The second-order valence-electron chi connectivity index (χ2n) is 2.79. The monoisotopic (exact) mass is 252 g/mol. The Morgan fingerprint density at radius 2 is 2.10 bits per heavy atom. The zero-order valence-electron chi connectivity index (χ0n) is 5.59. The van der Waals surface area contributed by atoms with E-state index in [2.05, 4.69) is 22.9 Å². The first-order valence-corrected chi connectivity index (χ1v) is 4.49. The van der Waals surface area contributed by atoms with Crippen molar-refractivity contribution in [3.05, 3.63) is 0 Å². The Morgan fingerprint density at radius 1 is 1.40 bits per heavy atom. The molecule has 0 bridgehead atoms. The van der Waals surface area contributed by atoms with E-state index in [1.165, 1.54) is 12.8 Å². The molecule has 0 aromatic heterocycles. The van der Waals surface area contributed by atoms with Gasteiger partial charge in [0.1, 0.15) is 0 Å². The Balaban J connectivity index is 2.03. The van der Waals surface area contributed by atoms with E-state index in [4.69, 9.17) is 0 Å². The molecule has 2 amide bonds. The van der Waals surface area contributed by atoms with Crippen LogP contribution >= 0.6 is 22.9 Å². The Hall–Kier alpha value is -0.0000000000000000555. The van der Waals surface area contributed by atoms with Gasteiger partial charge >= 0.3 is 6.03 Å². The normalized spacial score (nSPS) is 26.3. The van der Waals surface area contributed by atoms with Gasteiger partial charge in [0.15, 0.2) is 0 Å². The molecular weight excluding hydrogens is 243 g/mol. The van der Waals surface area contributed by atoms with Crippen LogP contribution < -0.4 is 0 Å². The smallest absolute Gasteiger partial charge is 0.319 e. The minimum absolute atomic E-state index is 0.211. The summed E-state index contributed by atoms with van der Waals surface area (Å²) >= 11 is 2.08. The summed E-state index contributed by atoms with van der Waals surface area (Å²) in [6, 6.07) is 0.801. The molecule has 2 fully saturated rings. The third-order valence-electron chi connectivity index (χ3n) is 1.98. The van der Waals surface area contributed by atoms with Gasteiger partial charge in [0, 0.05) is 12.6 Å². The van der Waals surface area contributed by atoms with Crippen LogP contribution in [0.4, 0.5) is 4.79 Å². The third-order valence-corrected chi connectivity index (χ3v) is 2.87. The maximum atomic E-state index is 11.2. The van der Waals surface area contributed by atoms with Crippen molar-refractivity contribution >= 4 is 28.9 Å². The standard InChI is InChI=1S/C6H9IN2O/c7-9-4-3-8(6(9)10)5-1-2-5/h5H,1-4H2. The fraction of sp³-hybridized carbons (Fsp3) is 0.833. The summed E-state index contributed by atoms with van der Waals surface area (Å²) in [4.78, 5) is 13.2. The highest BCUT2D eigenvalue weighted by Crippen LogP contribution is 2.30. The number of carbonyl (C=O) groups excluding carboxylic acids is 1. The molecule has 1 saturated heterocycles. The predicted molar refractivity (Wildman–Crippen MR) is 45.9 cm³/mol. The fourth-order valence-corrected chi connectivity index (χ4v) is 1.74. The first-order chi connectivity index (χ1) is 4.79. The summed E-state index contributed by atoms with van der Waals surface area (Å²) in [5, 5.41) is 0. The average molecular weight is 252 g/mol. The molecule has 0 atom stereocenters. The minimum Gasteiger partial charge on any atom is -0.319 e. The highest BCUT2D eigenvalue weighted by atomic mass is 127. The number of hydrogen-bond acceptors (Lipinski definition) is 1. The van der Waals surface area contributed by atoms with Crippen LogP contribution in [0.5, 0.6) is 0 Å². The highest BCUT2D eigenvalue weighted by molar-refractivity contribution is 14.1. The SMILES string of the molecule is O=C1N(I)CCN1C1CC1. The molecule has 10 heavy (non-hydrogen) atoms. The molecule has 1 aliphatic heterocycles. The van der Waals surface area contributed by atoms with Gasteiger partial charge in [0.25, 0.3) is 0 Å². The lowest BCUT2D eigenvalue weighted by molar-refractivity contribution is 0.208. The van der Waals surface area contributed by atoms with Crippen molar-refractivity contribution in [3.63, 3.8) is 0 Å². The molecule has 0 N–H and O–H groups in total. The van der Waals surface area contributed by atoms with Crippen molar-refractivity contribution in [2.45, 2.75) is 18.9 Å². The summed E-state index contributed by atoms with van der Waals surface area (Å²) in [7, 11) is 0. The van der Waals surface area contributed by atoms with Crippen LogP contribution in [0.15, 0.2) is 0 Å². The van der Waals surface area contributed by atoms with Gasteiger partial charge in [0.05, 0.1) is 29.4 Å². The summed E-state index contributed by atoms with van der Waals surface area (Å²) in [6.07, 6.45) is 2.44. The molecule has 0 unspecified atom stereocenters. The Kier molecular flexibility index (Phi) is 1.51. The van der Waals surface area contributed by atoms with Gasteiger partial charge < -0.3 is 4.90 Å². The van der Waals surface area contributed by atoms with Crippen LogP contribution in [-0.2, 0) is 0 Å². The van der Waals surface area contributed by atoms with Gasteiger partial charge in [-0.05, 0) is 12.8 Å². The first kappa shape index (κ1) is 6.69.